The molecule has 1 N–H and O–H groups in total. The van der Waals surface area contributed by atoms with Crippen molar-refractivity contribution < 1.29 is 24.2 Å². The minimum atomic E-state index is -1.40. The molecule has 0 radical (unpaired) electrons. The van der Waals surface area contributed by atoms with Gasteiger partial charge in [0.05, 0.1) is 25.9 Å². The highest BCUT2D eigenvalue weighted by Crippen LogP contribution is 2.33. The topological polar surface area (TPSA) is 87.7 Å². The van der Waals surface area contributed by atoms with E-state index in [1.165, 1.54) is 26.4 Å². The highest BCUT2D eigenvalue weighted by molar-refractivity contribution is 6.00. The van der Waals surface area contributed by atoms with Gasteiger partial charge >= 0.3 is 0 Å². The molecule has 0 aliphatic carbocycles. The molecule has 0 aliphatic rings. The first kappa shape index (κ1) is 14.8. The number of rotatable bonds is 6. The summed E-state index contributed by atoms with van der Waals surface area (Å²) in [6.07, 6.45) is 0.973. The van der Waals surface area contributed by atoms with Gasteiger partial charge in [0.15, 0.2) is 11.5 Å². The molecule has 19 heavy (non-hydrogen) atoms. The van der Waals surface area contributed by atoms with E-state index in [4.69, 9.17) is 9.47 Å². The van der Waals surface area contributed by atoms with E-state index < -0.39 is 5.97 Å². The molecular weight excluding hydrogens is 250 g/mol. The second kappa shape index (κ2) is 6.63. The largest absolute Gasteiger partial charge is 0.545 e. The fourth-order valence-corrected chi connectivity index (χ4v) is 1.59. The fraction of sp³-hybridized carbons (Fsp3) is 0.385. The van der Waals surface area contributed by atoms with Crippen molar-refractivity contribution in [3.8, 4) is 11.5 Å². The molecule has 0 bridgehead atoms. The Kier molecular flexibility index (Phi) is 5.17. The monoisotopic (exact) mass is 266 g/mol. The fourth-order valence-electron chi connectivity index (χ4n) is 1.59. The van der Waals surface area contributed by atoms with Crippen LogP contribution in [0.15, 0.2) is 12.1 Å². The van der Waals surface area contributed by atoms with Crippen LogP contribution in [0.1, 0.15) is 30.1 Å². The van der Waals surface area contributed by atoms with Gasteiger partial charge in [-0.25, -0.2) is 0 Å². The van der Waals surface area contributed by atoms with Crippen LogP contribution < -0.4 is 19.9 Å². The quantitative estimate of drug-likeness (QED) is 0.823. The van der Waals surface area contributed by atoms with Crippen molar-refractivity contribution in [1.82, 2.24) is 0 Å². The summed E-state index contributed by atoms with van der Waals surface area (Å²) in [5, 5.41) is 13.6. The second-order valence-electron chi connectivity index (χ2n) is 3.84. The van der Waals surface area contributed by atoms with E-state index >= 15 is 0 Å². The smallest absolute Gasteiger partial charge is 0.224 e. The first-order chi connectivity index (χ1) is 9.03. The molecule has 0 aliphatic heterocycles. The average Bonchev–Trinajstić information content (AvgIpc) is 2.38. The number of carbonyl (C=O) groups excluding carboxylic acids is 2. The maximum atomic E-state index is 11.5. The number of carboxylic acid groups (broad SMARTS) is 1. The highest BCUT2D eigenvalue weighted by Gasteiger charge is 2.13. The van der Waals surface area contributed by atoms with Crippen LogP contribution in [0.2, 0.25) is 0 Å². The summed E-state index contributed by atoms with van der Waals surface area (Å²) in [7, 11) is 2.82. The SMILES string of the molecule is CCCC(=O)Nc1cc(OC)c(OC)cc1C(=O)[O-]. The van der Waals surface area contributed by atoms with Crippen molar-refractivity contribution in [2.24, 2.45) is 0 Å². The Morgan fingerprint density at radius 1 is 1.21 bits per heavy atom. The normalized spacial score (nSPS) is 9.84. The number of aromatic carboxylic acids is 1. The molecule has 104 valence electrons. The van der Waals surface area contributed by atoms with E-state index in [2.05, 4.69) is 5.32 Å². The number of amides is 1. The predicted molar refractivity (Wildman–Crippen MR) is 67.4 cm³/mol. The molecular formula is C13H16NO5-. The zero-order valence-electron chi connectivity index (χ0n) is 11.1. The maximum absolute atomic E-state index is 11.5. The van der Waals surface area contributed by atoms with Crippen LogP contribution in [0, 0.1) is 0 Å². The Hall–Kier alpha value is -2.24. The van der Waals surface area contributed by atoms with Crippen LogP contribution in [-0.4, -0.2) is 26.1 Å². The summed E-state index contributed by atoms with van der Waals surface area (Å²) >= 11 is 0. The molecule has 0 atom stereocenters. The van der Waals surface area contributed by atoms with Gasteiger partial charge < -0.3 is 24.7 Å². The minimum Gasteiger partial charge on any atom is -0.545 e. The van der Waals surface area contributed by atoms with Crippen LogP contribution in [0.5, 0.6) is 11.5 Å². The zero-order chi connectivity index (χ0) is 14.4. The van der Waals surface area contributed by atoms with Gasteiger partial charge in [0, 0.05) is 18.1 Å². The van der Waals surface area contributed by atoms with E-state index in [0.29, 0.717) is 18.6 Å². The molecule has 1 aromatic rings. The Morgan fingerprint density at radius 3 is 2.26 bits per heavy atom. The summed E-state index contributed by atoms with van der Waals surface area (Å²) in [6, 6.07) is 2.66. The van der Waals surface area contributed by atoms with Gasteiger partial charge in [-0.1, -0.05) is 6.92 Å². The van der Waals surface area contributed by atoms with Crippen molar-refractivity contribution in [2.75, 3.05) is 19.5 Å². The number of anilines is 1. The van der Waals surface area contributed by atoms with Crippen molar-refractivity contribution >= 4 is 17.6 Å². The number of ether oxygens (including phenoxy) is 2. The molecule has 0 aromatic heterocycles. The van der Waals surface area contributed by atoms with E-state index in [1.54, 1.807) is 0 Å². The average molecular weight is 266 g/mol. The van der Waals surface area contributed by atoms with Crippen LogP contribution in [-0.2, 0) is 4.79 Å². The molecule has 0 saturated carbocycles. The predicted octanol–water partition coefficient (Wildman–Crippen LogP) is 0.806. The molecule has 1 amide bonds. The molecule has 6 heteroatoms. The van der Waals surface area contributed by atoms with Gasteiger partial charge in [-0.2, -0.15) is 0 Å². The Bertz CT molecular complexity index is 484. The molecule has 1 aromatic carbocycles. The molecule has 0 heterocycles. The zero-order valence-corrected chi connectivity index (χ0v) is 11.1. The molecule has 0 saturated heterocycles. The van der Waals surface area contributed by atoms with Crippen LogP contribution in [0.25, 0.3) is 0 Å². The number of methoxy groups -OCH3 is 2. The first-order valence-electron chi connectivity index (χ1n) is 5.80. The van der Waals surface area contributed by atoms with Gasteiger partial charge in [-0.3, -0.25) is 4.79 Å². The standard InChI is InChI=1S/C13H17NO5/c1-4-5-12(15)14-9-7-11(19-3)10(18-2)6-8(9)13(16)17/h6-7H,4-5H2,1-3H3,(H,14,15)(H,16,17)/p-1. The summed E-state index contributed by atoms with van der Waals surface area (Å²) in [5.41, 5.74) is -0.0156. The van der Waals surface area contributed by atoms with E-state index in [9.17, 15) is 14.7 Å². The lowest BCUT2D eigenvalue weighted by molar-refractivity contribution is -0.254. The molecule has 0 unspecified atom stereocenters. The van der Waals surface area contributed by atoms with E-state index in [-0.39, 0.29) is 22.9 Å². The number of carboxylic acids is 1. The maximum Gasteiger partial charge on any atom is 0.224 e. The minimum absolute atomic E-state index is 0.135. The van der Waals surface area contributed by atoms with Crippen LogP contribution in [0.3, 0.4) is 0 Å². The molecule has 6 nitrogen and oxygen atoms in total. The van der Waals surface area contributed by atoms with Gasteiger partial charge in [0.1, 0.15) is 0 Å². The lowest BCUT2D eigenvalue weighted by Gasteiger charge is -2.16. The Morgan fingerprint density at radius 2 is 1.79 bits per heavy atom. The summed E-state index contributed by atoms with van der Waals surface area (Å²) in [5.74, 6) is -1.07. The third-order valence-corrected chi connectivity index (χ3v) is 2.49. The number of hydrogen-bond donors (Lipinski definition) is 1. The van der Waals surface area contributed by atoms with Crippen molar-refractivity contribution in [2.45, 2.75) is 19.8 Å². The lowest BCUT2D eigenvalue weighted by atomic mass is 10.1. The molecule has 0 spiro atoms. The number of nitrogens with one attached hydrogen (secondary N) is 1. The number of carbonyl (C=O) groups is 2. The van der Waals surface area contributed by atoms with Gasteiger partial charge in [-0.15, -0.1) is 0 Å². The summed E-state index contributed by atoms with van der Waals surface area (Å²) < 4.78 is 10.1. The van der Waals surface area contributed by atoms with E-state index in [1.807, 2.05) is 6.92 Å². The first-order valence-corrected chi connectivity index (χ1v) is 5.80. The molecule has 0 fully saturated rings. The Balaban J connectivity index is 3.19. The van der Waals surface area contributed by atoms with Crippen LogP contribution >= 0.6 is 0 Å². The number of benzene rings is 1. The lowest BCUT2D eigenvalue weighted by Crippen LogP contribution is -2.25. The van der Waals surface area contributed by atoms with Crippen molar-refractivity contribution in [1.29, 1.82) is 0 Å². The van der Waals surface area contributed by atoms with Gasteiger partial charge in [0.2, 0.25) is 5.91 Å². The summed E-state index contributed by atoms with van der Waals surface area (Å²) in [4.78, 5) is 22.6. The Labute approximate surface area is 111 Å². The van der Waals surface area contributed by atoms with E-state index in [0.717, 1.165) is 0 Å². The second-order valence-corrected chi connectivity index (χ2v) is 3.84. The number of hydrogen-bond acceptors (Lipinski definition) is 5. The third-order valence-electron chi connectivity index (χ3n) is 2.49. The van der Waals surface area contributed by atoms with Gasteiger partial charge in [0.25, 0.3) is 0 Å². The van der Waals surface area contributed by atoms with Crippen LogP contribution in [0.4, 0.5) is 5.69 Å². The molecule has 1 rings (SSSR count). The highest BCUT2D eigenvalue weighted by atomic mass is 16.5. The van der Waals surface area contributed by atoms with Crippen molar-refractivity contribution in [3.05, 3.63) is 17.7 Å². The third kappa shape index (κ3) is 3.61. The summed E-state index contributed by atoms with van der Waals surface area (Å²) in [6.45, 7) is 1.86. The van der Waals surface area contributed by atoms with Crippen molar-refractivity contribution in [3.63, 3.8) is 0 Å². The van der Waals surface area contributed by atoms with Gasteiger partial charge in [-0.05, 0) is 12.5 Å².